The fraction of sp³-hybridized carbons (Fsp3) is 0.905. The SMILES string of the molecule is CN=C(NCCN1CCN(C(=O)C2CCC2)CC1)NCCN(C(C)C)C(C)C.I. The van der Waals surface area contributed by atoms with Crippen LogP contribution in [0.2, 0.25) is 0 Å². The van der Waals surface area contributed by atoms with Gasteiger partial charge >= 0.3 is 0 Å². The van der Waals surface area contributed by atoms with Gasteiger partial charge in [-0.2, -0.15) is 0 Å². The third-order valence-electron chi connectivity index (χ3n) is 6.07. The number of nitrogens with zero attached hydrogens (tertiary/aromatic N) is 4. The molecule has 2 rings (SSSR count). The van der Waals surface area contributed by atoms with Crippen molar-refractivity contribution in [3.63, 3.8) is 0 Å². The van der Waals surface area contributed by atoms with Gasteiger partial charge in [0.1, 0.15) is 0 Å². The summed E-state index contributed by atoms with van der Waals surface area (Å²) in [4.78, 5) is 23.6. The molecule has 1 aliphatic carbocycles. The normalized spacial score (nSPS) is 18.8. The van der Waals surface area contributed by atoms with Crippen molar-refractivity contribution < 1.29 is 4.79 Å². The minimum absolute atomic E-state index is 0. The number of amides is 1. The molecule has 2 N–H and O–H groups in total. The largest absolute Gasteiger partial charge is 0.355 e. The third-order valence-corrected chi connectivity index (χ3v) is 6.07. The van der Waals surface area contributed by atoms with Gasteiger partial charge in [0.2, 0.25) is 5.91 Å². The van der Waals surface area contributed by atoms with Crippen molar-refractivity contribution in [1.29, 1.82) is 0 Å². The number of carbonyl (C=O) groups is 1. The van der Waals surface area contributed by atoms with Crippen molar-refractivity contribution in [2.75, 3.05) is 59.4 Å². The molecule has 29 heavy (non-hydrogen) atoms. The van der Waals surface area contributed by atoms with Gasteiger partial charge in [-0.05, 0) is 40.5 Å². The molecule has 1 saturated carbocycles. The predicted octanol–water partition coefficient (Wildman–Crippen LogP) is 1.83. The monoisotopic (exact) mass is 522 g/mol. The summed E-state index contributed by atoms with van der Waals surface area (Å²) >= 11 is 0. The molecule has 2 aliphatic rings. The van der Waals surface area contributed by atoms with E-state index in [4.69, 9.17) is 0 Å². The van der Waals surface area contributed by atoms with Crippen molar-refractivity contribution >= 4 is 35.8 Å². The van der Waals surface area contributed by atoms with Crippen molar-refractivity contribution in [1.82, 2.24) is 25.3 Å². The number of carbonyl (C=O) groups excluding carboxylic acids is 1. The van der Waals surface area contributed by atoms with E-state index in [1.54, 1.807) is 0 Å². The fourth-order valence-corrected chi connectivity index (χ4v) is 4.07. The predicted molar refractivity (Wildman–Crippen MR) is 132 cm³/mol. The third kappa shape index (κ3) is 8.57. The highest BCUT2D eigenvalue weighted by Crippen LogP contribution is 2.28. The molecule has 0 radical (unpaired) electrons. The van der Waals surface area contributed by atoms with E-state index in [-0.39, 0.29) is 24.0 Å². The average molecular weight is 523 g/mol. The van der Waals surface area contributed by atoms with Crippen LogP contribution in [-0.4, -0.2) is 98.1 Å². The lowest BCUT2D eigenvalue weighted by atomic mass is 9.84. The summed E-state index contributed by atoms with van der Waals surface area (Å²) in [6.45, 7) is 16.4. The Morgan fingerprint density at radius 1 is 1.03 bits per heavy atom. The quantitative estimate of drug-likeness (QED) is 0.275. The maximum atomic E-state index is 12.3. The highest BCUT2D eigenvalue weighted by atomic mass is 127. The van der Waals surface area contributed by atoms with Gasteiger partial charge in [0.05, 0.1) is 0 Å². The molecule has 2 fully saturated rings. The molecule has 1 amide bonds. The molecule has 0 aromatic heterocycles. The van der Waals surface area contributed by atoms with E-state index in [1.807, 2.05) is 7.05 Å². The zero-order chi connectivity index (χ0) is 20.5. The van der Waals surface area contributed by atoms with E-state index < -0.39 is 0 Å². The van der Waals surface area contributed by atoms with Gasteiger partial charge in [-0.3, -0.25) is 19.6 Å². The first-order valence-electron chi connectivity index (χ1n) is 11.1. The Bertz CT molecular complexity index is 493. The van der Waals surface area contributed by atoms with Crippen LogP contribution >= 0.6 is 24.0 Å². The van der Waals surface area contributed by atoms with Crippen LogP contribution in [0.15, 0.2) is 4.99 Å². The van der Waals surface area contributed by atoms with E-state index in [2.05, 4.69) is 58.0 Å². The molecular weight excluding hydrogens is 479 g/mol. The summed E-state index contributed by atoms with van der Waals surface area (Å²) in [5.74, 6) is 1.58. The number of halogens is 1. The summed E-state index contributed by atoms with van der Waals surface area (Å²) in [5.41, 5.74) is 0. The number of nitrogens with one attached hydrogen (secondary N) is 2. The summed E-state index contributed by atoms with van der Waals surface area (Å²) in [6.07, 6.45) is 3.42. The number of rotatable bonds is 9. The number of hydrogen-bond donors (Lipinski definition) is 2. The van der Waals surface area contributed by atoms with Crippen LogP contribution in [0.5, 0.6) is 0 Å². The molecule has 0 bridgehead atoms. The lowest BCUT2D eigenvalue weighted by Gasteiger charge is -2.38. The highest BCUT2D eigenvalue weighted by Gasteiger charge is 2.30. The van der Waals surface area contributed by atoms with E-state index in [1.165, 1.54) is 6.42 Å². The number of aliphatic imine (C=N–C) groups is 1. The van der Waals surface area contributed by atoms with E-state index in [9.17, 15) is 4.79 Å². The lowest BCUT2D eigenvalue weighted by molar-refractivity contribution is -0.139. The van der Waals surface area contributed by atoms with Crippen molar-refractivity contribution in [3.05, 3.63) is 0 Å². The van der Waals surface area contributed by atoms with Crippen LogP contribution in [0.3, 0.4) is 0 Å². The van der Waals surface area contributed by atoms with Gasteiger partial charge in [-0.15, -0.1) is 24.0 Å². The second kappa shape index (κ2) is 13.6. The van der Waals surface area contributed by atoms with E-state index in [0.29, 0.717) is 23.9 Å². The standard InChI is InChI=1S/C21H42N6O.HI/c1-17(2)27(18(3)4)12-10-24-21(22-5)23-9-11-25-13-15-26(16-14-25)20(28)19-7-6-8-19;/h17-19H,6-16H2,1-5H3,(H2,22,23,24);1H. The number of piperazine rings is 1. The van der Waals surface area contributed by atoms with Crippen LogP contribution in [0.25, 0.3) is 0 Å². The highest BCUT2D eigenvalue weighted by molar-refractivity contribution is 14.0. The Labute approximate surface area is 195 Å². The average Bonchev–Trinajstić information content (AvgIpc) is 2.62. The summed E-state index contributed by atoms with van der Waals surface area (Å²) in [5, 5.41) is 6.84. The van der Waals surface area contributed by atoms with Crippen molar-refractivity contribution in [3.8, 4) is 0 Å². The van der Waals surface area contributed by atoms with E-state index >= 15 is 0 Å². The van der Waals surface area contributed by atoms with Gasteiger partial charge in [-0.25, -0.2) is 0 Å². The van der Waals surface area contributed by atoms with Gasteiger partial charge < -0.3 is 15.5 Å². The second-order valence-electron chi connectivity index (χ2n) is 8.65. The molecular formula is C21H43IN6O. The van der Waals surface area contributed by atoms with Crippen molar-refractivity contribution in [2.24, 2.45) is 10.9 Å². The Morgan fingerprint density at radius 3 is 2.10 bits per heavy atom. The first-order chi connectivity index (χ1) is 13.4. The van der Waals surface area contributed by atoms with Crippen LogP contribution in [-0.2, 0) is 4.79 Å². The van der Waals surface area contributed by atoms with Crippen LogP contribution in [0.4, 0.5) is 0 Å². The molecule has 170 valence electrons. The van der Waals surface area contributed by atoms with Gasteiger partial charge in [0, 0.05) is 77.4 Å². The maximum absolute atomic E-state index is 12.3. The minimum atomic E-state index is 0. The molecule has 0 unspecified atom stereocenters. The van der Waals surface area contributed by atoms with Crippen LogP contribution in [0.1, 0.15) is 47.0 Å². The maximum Gasteiger partial charge on any atom is 0.225 e. The number of guanidine groups is 1. The molecule has 1 aliphatic heterocycles. The zero-order valence-electron chi connectivity index (χ0n) is 19.1. The first-order valence-corrected chi connectivity index (χ1v) is 11.1. The van der Waals surface area contributed by atoms with Gasteiger partial charge in [0.15, 0.2) is 5.96 Å². The molecule has 1 heterocycles. The molecule has 0 aromatic rings. The summed E-state index contributed by atoms with van der Waals surface area (Å²) in [7, 11) is 1.82. The Morgan fingerprint density at radius 2 is 1.62 bits per heavy atom. The Hall–Kier alpha value is -0.610. The zero-order valence-corrected chi connectivity index (χ0v) is 21.4. The lowest BCUT2D eigenvalue weighted by Crippen LogP contribution is -2.52. The van der Waals surface area contributed by atoms with Crippen molar-refractivity contribution in [2.45, 2.75) is 59.0 Å². The summed E-state index contributed by atoms with van der Waals surface area (Å²) in [6, 6.07) is 1.10. The van der Waals surface area contributed by atoms with Gasteiger partial charge in [-0.1, -0.05) is 6.42 Å². The smallest absolute Gasteiger partial charge is 0.225 e. The van der Waals surface area contributed by atoms with Crippen LogP contribution in [0, 0.1) is 5.92 Å². The first kappa shape index (κ1) is 26.4. The molecule has 0 spiro atoms. The Balaban J connectivity index is 0.00000420. The second-order valence-corrected chi connectivity index (χ2v) is 8.65. The van der Waals surface area contributed by atoms with Gasteiger partial charge in [0.25, 0.3) is 0 Å². The van der Waals surface area contributed by atoms with Crippen LogP contribution < -0.4 is 10.6 Å². The minimum Gasteiger partial charge on any atom is -0.355 e. The Kier molecular flexibility index (Phi) is 12.4. The van der Waals surface area contributed by atoms with E-state index in [0.717, 1.165) is 71.2 Å². The summed E-state index contributed by atoms with van der Waals surface area (Å²) < 4.78 is 0. The topological polar surface area (TPSA) is 63.2 Å². The molecule has 0 aromatic carbocycles. The molecule has 0 atom stereocenters. The molecule has 7 nitrogen and oxygen atoms in total. The number of hydrogen-bond acceptors (Lipinski definition) is 4. The fourth-order valence-electron chi connectivity index (χ4n) is 4.07. The molecule has 1 saturated heterocycles. The molecule has 8 heteroatoms.